The van der Waals surface area contributed by atoms with Crippen LogP contribution in [0.4, 0.5) is 0 Å². The van der Waals surface area contributed by atoms with Crippen molar-refractivity contribution >= 4 is 46.1 Å². The van der Waals surface area contributed by atoms with Crippen LogP contribution < -0.4 is 5.32 Å². The molecule has 1 unspecified atom stereocenters. The molecule has 0 saturated heterocycles. The fourth-order valence-corrected chi connectivity index (χ4v) is 3.67. The van der Waals surface area contributed by atoms with Gasteiger partial charge in [0.2, 0.25) is 0 Å². The first-order valence-electron chi connectivity index (χ1n) is 5.94. The van der Waals surface area contributed by atoms with Gasteiger partial charge in [0.15, 0.2) is 0 Å². The van der Waals surface area contributed by atoms with Crippen LogP contribution in [0.5, 0.6) is 0 Å². The summed E-state index contributed by atoms with van der Waals surface area (Å²) < 4.78 is 0.820. The Morgan fingerprint density at radius 3 is 2.26 bits per heavy atom. The second kappa shape index (κ2) is 6.96. The van der Waals surface area contributed by atoms with Crippen molar-refractivity contribution in [2.75, 3.05) is 7.05 Å². The summed E-state index contributed by atoms with van der Waals surface area (Å²) in [6.07, 6.45) is 1.71. The zero-order valence-electron chi connectivity index (χ0n) is 10.4. The maximum Gasteiger partial charge on any atom is 0.0931 e. The average Bonchev–Trinajstić information content (AvgIpc) is 2.78. The van der Waals surface area contributed by atoms with Crippen molar-refractivity contribution in [2.24, 2.45) is 0 Å². The fourth-order valence-electron chi connectivity index (χ4n) is 1.95. The summed E-state index contributed by atoms with van der Waals surface area (Å²) in [5.41, 5.74) is 0.993. The van der Waals surface area contributed by atoms with E-state index in [1.807, 2.05) is 31.3 Å². The summed E-state index contributed by atoms with van der Waals surface area (Å²) in [5, 5.41) is 4.75. The number of nitrogens with one attached hydrogen (secondary N) is 1. The van der Waals surface area contributed by atoms with Crippen molar-refractivity contribution in [3.8, 4) is 0 Å². The summed E-state index contributed by atoms with van der Waals surface area (Å²) >= 11 is 20.0. The number of likely N-dealkylation sites (N-methyl/N-ethyl adjacent to an activating group) is 1. The number of halogens is 3. The van der Waals surface area contributed by atoms with Gasteiger partial charge in [-0.2, -0.15) is 0 Å². The van der Waals surface area contributed by atoms with Crippen molar-refractivity contribution in [2.45, 2.75) is 18.9 Å². The zero-order valence-corrected chi connectivity index (χ0v) is 13.5. The van der Waals surface area contributed by atoms with Crippen LogP contribution >= 0.6 is 46.1 Å². The van der Waals surface area contributed by atoms with Crippen LogP contribution in [0.2, 0.25) is 14.4 Å². The van der Waals surface area contributed by atoms with E-state index in [1.54, 1.807) is 11.3 Å². The van der Waals surface area contributed by atoms with Crippen LogP contribution in [-0.2, 0) is 12.8 Å². The van der Waals surface area contributed by atoms with Crippen LogP contribution in [0.3, 0.4) is 0 Å². The number of hydrogen-bond acceptors (Lipinski definition) is 2. The van der Waals surface area contributed by atoms with Crippen molar-refractivity contribution in [1.82, 2.24) is 5.32 Å². The first-order valence-corrected chi connectivity index (χ1v) is 7.89. The highest BCUT2D eigenvalue weighted by atomic mass is 35.5. The van der Waals surface area contributed by atoms with Gasteiger partial charge >= 0.3 is 0 Å². The third-order valence-electron chi connectivity index (χ3n) is 3.00. The molecule has 102 valence electrons. The Bertz CT molecular complexity index is 533. The lowest BCUT2D eigenvalue weighted by Crippen LogP contribution is -2.29. The average molecular weight is 335 g/mol. The van der Waals surface area contributed by atoms with Gasteiger partial charge in [-0.25, -0.2) is 0 Å². The molecule has 0 aliphatic heterocycles. The van der Waals surface area contributed by atoms with Crippen molar-refractivity contribution in [3.63, 3.8) is 0 Å². The quantitative estimate of drug-likeness (QED) is 0.804. The van der Waals surface area contributed by atoms with E-state index in [0.29, 0.717) is 0 Å². The maximum atomic E-state index is 6.21. The minimum absolute atomic E-state index is 0.284. The molecule has 0 fully saturated rings. The van der Waals surface area contributed by atoms with Crippen LogP contribution in [-0.4, -0.2) is 13.1 Å². The largest absolute Gasteiger partial charge is 0.316 e. The van der Waals surface area contributed by atoms with Gasteiger partial charge in [-0.3, -0.25) is 0 Å². The van der Waals surface area contributed by atoms with Gasteiger partial charge < -0.3 is 5.32 Å². The van der Waals surface area contributed by atoms with E-state index in [4.69, 9.17) is 34.8 Å². The molecule has 2 rings (SSSR count). The molecule has 0 radical (unpaired) electrons. The highest BCUT2D eigenvalue weighted by Gasteiger charge is 2.14. The van der Waals surface area contributed by atoms with E-state index in [9.17, 15) is 0 Å². The Hall–Kier alpha value is -0.250. The van der Waals surface area contributed by atoms with Crippen LogP contribution in [0, 0.1) is 0 Å². The molecule has 0 amide bonds. The van der Waals surface area contributed by atoms with Gasteiger partial charge in [-0.15, -0.1) is 11.3 Å². The fraction of sp³-hybridized carbons (Fsp3) is 0.286. The van der Waals surface area contributed by atoms with E-state index in [0.717, 1.165) is 32.8 Å². The third-order valence-corrected chi connectivity index (χ3v) is 4.96. The summed E-state index contributed by atoms with van der Waals surface area (Å²) in [7, 11) is 1.95. The Morgan fingerprint density at radius 1 is 1.05 bits per heavy atom. The summed E-state index contributed by atoms with van der Waals surface area (Å²) in [6, 6.07) is 9.88. The number of thiophene rings is 1. The zero-order chi connectivity index (χ0) is 13.8. The second-order valence-electron chi connectivity index (χ2n) is 4.30. The SMILES string of the molecule is CNC(Cc1ccc(Cl)s1)Cc1c(Cl)cccc1Cl. The first-order chi connectivity index (χ1) is 9.10. The Labute approximate surface area is 132 Å². The molecule has 1 aromatic heterocycles. The number of rotatable bonds is 5. The molecule has 2 aromatic rings. The van der Waals surface area contributed by atoms with Gasteiger partial charge in [0.1, 0.15) is 0 Å². The second-order valence-corrected chi connectivity index (χ2v) is 6.91. The van der Waals surface area contributed by atoms with Crippen molar-refractivity contribution in [3.05, 3.63) is 55.2 Å². The molecule has 1 heterocycles. The smallest absolute Gasteiger partial charge is 0.0931 e. The van der Waals surface area contributed by atoms with Gasteiger partial charge in [-0.05, 0) is 49.7 Å². The summed E-state index contributed by atoms with van der Waals surface area (Å²) in [5.74, 6) is 0. The van der Waals surface area contributed by atoms with Crippen molar-refractivity contribution < 1.29 is 0 Å². The van der Waals surface area contributed by atoms with Crippen molar-refractivity contribution in [1.29, 1.82) is 0 Å². The number of hydrogen-bond donors (Lipinski definition) is 1. The molecule has 1 nitrogen and oxygen atoms in total. The molecule has 0 bridgehead atoms. The van der Waals surface area contributed by atoms with E-state index in [-0.39, 0.29) is 6.04 Å². The maximum absolute atomic E-state index is 6.21. The van der Waals surface area contributed by atoms with Gasteiger partial charge in [0.05, 0.1) is 4.34 Å². The third kappa shape index (κ3) is 4.11. The molecule has 0 saturated carbocycles. The van der Waals surface area contributed by atoms with Crippen LogP contribution in [0.25, 0.3) is 0 Å². The number of benzene rings is 1. The Morgan fingerprint density at radius 2 is 1.74 bits per heavy atom. The lowest BCUT2D eigenvalue weighted by Gasteiger charge is -2.17. The standard InChI is InChI=1S/C14H14Cl3NS/c1-18-9(7-10-5-6-14(17)19-10)8-11-12(15)3-2-4-13(11)16/h2-6,9,18H,7-8H2,1H3. The van der Waals surface area contributed by atoms with Gasteiger partial charge in [-0.1, -0.05) is 40.9 Å². The first kappa shape index (κ1) is 15.1. The Balaban J connectivity index is 2.11. The van der Waals surface area contributed by atoms with Crippen LogP contribution in [0.15, 0.2) is 30.3 Å². The topological polar surface area (TPSA) is 12.0 Å². The molecule has 19 heavy (non-hydrogen) atoms. The molecule has 1 N–H and O–H groups in total. The molecule has 1 atom stereocenters. The predicted molar refractivity (Wildman–Crippen MR) is 86.0 cm³/mol. The lowest BCUT2D eigenvalue weighted by atomic mass is 10.0. The normalized spacial score (nSPS) is 12.6. The molecule has 1 aromatic carbocycles. The van der Waals surface area contributed by atoms with E-state index in [1.165, 1.54) is 4.88 Å². The molecule has 0 aliphatic carbocycles. The van der Waals surface area contributed by atoms with E-state index >= 15 is 0 Å². The molecular weight excluding hydrogens is 321 g/mol. The van der Waals surface area contributed by atoms with Gasteiger partial charge in [0.25, 0.3) is 0 Å². The van der Waals surface area contributed by atoms with Crippen LogP contribution in [0.1, 0.15) is 10.4 Å². The minimum atomic E-state index is 0.284. The molecule has 5 heteroatoms. The van der Waals surface area contributed by atoms with Gasteiger partial charge in [0, 0.05) is 21.0 Å². The summed E-state index contributed by atoms with van der Waals surface area (Å²) in [4.78, 5) is 1.26. The highest BCUT2D eigenvalue weighted by Crippen LogP contribution is 2.27. The predicted octanol–water partition coefficient (Wildman–Crippen LogP) is 5.08. The highest BCUT2D eigenvalue weighted by molar-refractivity contribution is 7.16. The monoisotopic (exact) mass is 333 g/mol. The Kier molecular flexibility index (Phi) is 5.55. The molecule has 0 aliphatic rings. The van der Waals surface area contributed by atoms with E-state index < -0.39 is 0 Å². The molecule has 0 spiro atoms. The van der Waals surface area contributed by atoms with E-state index in [2.05, 4.69) is 11.4 Å². The lowest BCUT2D eigenvalue weighted by molar-refractivity contribution is 0.560. The molecular formula is C14H14Cl3NS. The summed E-state index contributed by atoms with van der Waals surface area (Å²) in [6.45, 7) is 0. The minimum Gasteiger partial charge on any atom is -0.316 e.